The standard InChI is InChI=1S/C6H10N4O2/c7-6-9-5(12-10-6)4-1-3(11)2-8-4/h3-4,8,11H,1-2H2,(H2,7,10)/t3-,4-/m0/s1. The highest BCUT2D eigenvalue weighted by atomic mass is 16.5. The van der Waals surface area contributed by atoms with Crippen LogP contribution in [0, 0.1) is 0 Å². The molecule has 0 amide bonds. The summed E-state index contributed by atoms with van der Waals surface area (Å²) in [4.78, 5) is 3.85. The molecule has 1 aromatic rings. The van der Waals surface area contributed by atoms with Crippen molar-refractivity contribution in [2.75, 3.05) is 12.3 Å². The van der Waals surface area contributed by atoms with Gasteiger partial charge in [-0.25, -0.2) is 0 Å². The third-order valence-electron chi connectivity index (χ3n) is 1.86. The van der Waals surface area contributed by atoms with Gasteiger partial charge >= 0.3 is 0 Å². The van der Waals surface area contributed by atoms with Crippen molar-refractivity contribution in [3.05, 3.63) is 5.89 Å². The molecule has 2 atom stereocenters. The summed E-state index contributed by atoms with van der Waals surface area (Å²) in [5.74, 6) is 0.581. The van der Waals surface area contributed by atoms with E-state index >= 15 is 0 Å². The zero-order valence-electron chi connectivity index (χ0n) is 6.40. The minimum atomic E-state index is -0.330. The fourth-order valence-corrected chi connectivity index (χ4v) is 1.29. The van der Waals surface area contributed by atoms with E-state index in [1.165, 1.54) is 0 Å². The molecular weight excluding hydrogens is 160 g/mol. The molecule has 0 saturated carbocycles. The molecule has 0 radical (unpaired) electrons. The van der Waals surface area contributed by atoms with Crippen LogP contribution in [0.2, 0.25) is 0 Å². The van der Waals surface area contributed by atoms with E-state index in [0.29, 0.717) is 18.9 Å². The van der Waals surface area contributed by atoms with E-state index in [1.807, 2.05) is 0 Å². The Labute approximate surface area is 68.8 Å². The van der Waals surface area contributed by atoms with Crippen molar-refractivity contribution in [1.82, 2.24) is 15.5 Å². The first-order chi connectivity index (χ1) is 5.75. The lowest BCUT2D eigenvalue weighted by Crippen LogP contribution is -2.15. The Morgan fingerprint density at radius 2 is 2.50 bits per heavy atom. The van der Waals surface area contributed by atoms with E-state index < -0.39 is 0 Å². The fraction of sp³-hybridized carbons (Fsp3) is 0.667. The van der Waals surface area contributed by atoms with Crippen molar-refractivity contribution in [2.24, 2.45) is 0 Å². The Morgan fingerprint density at radius 3 is 3.00 bits per heavy atom. The SMILES string of the molecule is Nc1noc([C@@H]2C[C@H](O)CN2)n1. The minimum Gasteiger partial charge on any atom is -0.392 e. The molecule has 0 unspecified atom stereocenters. The van der Waals surface area contributed by atoms with Crippen molar-refractivity contribution >= 4 is 5.95 Å². The predicted molar refractivity (Wildman–Crippen MR) is 40.1 cm³/mol. The van der Waals surface area contributed by atoms with Crippen LogP contribution in [0.4, 0.5) is 5.95 Å². The summed E-state index contributed by atoms with van der Waals surface area (Å²) >= 11 is 0. The monoisotopic (exact) mass is 170 g/mol. The smallest absolute Gasteiger partial charge is 0.260 e. The molecule has 66 valence electrons. The number of nitrogens with zero attached hydrogens (tertiary/aromatic N) is 2. The number of β-amino-alcohol motifs (C(OH)–C–C–N with tert-alkyl or cyclic N) is 1. The fourth-order valence-electron chi connectivity index (χ4n) is 1.29. The van der Waals surface area contributed by atoms with Crippen LogP contribution in [-0.2, 0) is 0 Å². The summed E-state index contributed by atoms with van der Waals surface area (Å²) in [5, 5.41) is 15.7. The first-order valence-corrected chi connectivity index (χ1v) is 3.76. The Kier molecular flexibility index (Phi) is 1.70. The number of hydrogen-bond donors (Lipinski definition) is 3. The van der Waals surface area contributed by atoms with Crippen LogP contribution in [0.25, 0.3) is 0 Å². The number of rotatable bonds is 1. The van der Waals surface area contributed by atoms with Gasteiger partial charge in [0.25, 0.3) is 5.95 Å². The molecule has 6 heteroatoms. The van der Waals surface area contributed by atoms with E-state index in [0.717, 1.165) is 0 Å². The van der Waals surface area contributed by atoms with Gasteiger partial charge < -0.3 is 20.7 Å². The Hall–Kier alpha value is -1.14. The largest absolute Gasteiger partial charge is 0.392 e. The second-order valence-corrected chi connectivity index (χ2v) is 2.84. The van der Waals surface area contributed by atoms with Gasteiger partial charge in [0.15, 0.2) is 0 Å². The van der Waals surface area contributed by atoms with Crippen molar-refractivity contribution in [1.29, 1.82) is 0 Å². The summed E-state index contributed by atoms with van der Waals surface area (Å²) in [7, 11) is 0. The minimum absolute atomic E-state index is 0.0511. The highest BCUT2D eigenvalue weighted by Crippen LogP contribution is 2.21. The molecule has 2 heterocycles. The zero-order chi connectivity index (χ0) is 8.55. The Morgan fingerprint density at radius 1 is 1.67 bits per heavy atom. The maximum Gasteiger partial charge on any atom is 0.260 e. The average molecular weight is 170 g/mol. The third kappa shape index (κ3) is 1.26. The number of nitrogens with one attached hydrogen (secondary N) is 1. The van der Waals surface area contributed by atoms with Gasteiger partial charge in [-0.05, 0) is 11.6 Å². The second kappa shape index (κ2) is 2.72. The van der Waals surface area contributed by atoms with Crippen LogP contribution < -0.4 is 11.1 Å². The van der Waals surface area contributed by atoms with Gasteiger partial charge in [0.2, 0.25) is 5.89 Å². The van der Waals surface area contributed by atoms with Crippen LogP contribution in [0.5, 0.6) is 0 Å². The highest BCUT2D eigenvalue weighted by Gasteiger charge is 2.27. The number of nitrogens with two attached hydrogens (primary N) is 1. The molecule has 1 aliphatic rings. The number of hydrogen-bond acceptors (Lipinski definition) is 6. The van der Waals surface area contributed by atoms with E-state index in [1.54, 1.807) is 0 Å². The van der Waals surface area contributed by atoms with Gasteiger partial charge in [-0.2, -0.15) is 4.98 Å². The summed E-state index contributed by atoms with van der Waals surface area (Å²) in [5.41, 5.74) is 5.27. The van der Waals surface area contributed by atoms with Gasteiger partial charge in [0.1, 0.15) is 0 Å². The summed E-state index contributed by atoms with van der Waals surface area (Å²) < 4.78 is 4.84. The molecular formula is C6H10N4O2. The van der Waals surface area contributed by atoms with Crippen LogP contribution in [0.15, 0.2) is 4.52 Å². The van der Waals surface area contributed by atoms with Crippen molar-refractivity contribution < 1.29 is 9.63 Å². The number of aromatic nitrogens is 2. The zero-order valence-corrected chi connectivity index (χ0v) is 6.40. The maximum absolute atomic E-state index is 9.18. The molecule has 0 spiro atoms. The molecule has 0 aliphatic carbocycles. The normalized spacial score (nSPS) is 29.4. The summed E-state index contributed by atoms with van der Waals surface area (Å²) in [6, 6.07) is -0.0511. The summed E-state index contributed by atoms with van der Waals surface area (Å²) in [6.45, 7) is 0.562. The van der Waals surface area contributed by atoms with Crippen molar-refractivity contribution in [3.63, 3.8) is 0 Å². The van der Waals surface area contributed by atoms with E-state index in [-0.39, 0.29) is 18.1 Å². The van der Waals surface area contributed by atoms with Gasteiger partial charge in [-0.1, -0.05) is 0 Å². The second-order valence-electron chi connectivity index (χ2n) is 2.84. The molecule has 6 nitrogen and oxygen atoms in total. The van der Waals surface area contributed by atoms with Crippen LogP contribution in [-0.4, -0.2) is 27.9 Å². The number of anilines is 1. The van der Waals surface area contributed by atoms with E-state index in [4.69, 9.17) is 10.3 Å². The molecule has 1 fully saturated rings. The lowest BCUT2D eigenvalue weighted by atomic mass is 10.2. The third-order valence-corrected chi connectivity index (χ3v) is 1.86. The van der Waals surface area contributed by atoms with E-state index in [2.05, 4.69) is 15.5 Å². The lowest BCUT2D eigenvalue weighted by molar-refractivity contribution is 0.191. The van der Waals surface area contributed by atoms with Crippen LogP contribution in [0.1, 0.15) is 18.4 Å². The predicted octanol–water partition coefficient (Wildman–Crippen LogP) is -0.953. The summed E-state index contributed by atoms with van der Waals surface area (Å²) in [6.07, 6.45) is 0.268. The number of aliphatic hydroxyl groups excluding tert-OH is 1. The van der Waals surface area contributed by atoms with Gasteiger partial charge in [0.05, 0.1) is 12.1 Å². The Bertz CT molecular complexity index is 274. The van der Waals surface area contributed by atoms with Crippen molar-refractivity contribution in [2.45, 2.75) is 18.6 Å². The number of aliphatic hydroxyl groups is 1. The molecule has 4 N–H and O–H groups in total. The number of nitrogen functional groups attached to an aromatic ring is 1. The maximum atomic E-state index is 9.18. The van der Waals surface area contributed by atoms with Gasteiger partial charge in [0, 0.05) is 6.54 Å². The topological polar surface area (TPSA) is 97.2 Å². The first-order valence-electron chi connectivity index (χ1n) is 3.76. The average Bonchev–Trinajstić information content (AvgIpc) is 2.58. The quantitative estimate of drug-likeness (QED) is 0.502. The lowest BCUT2D eigenvalue weighted by Gasteiger charge is -2.00. The van der Waals surface area contributed by atoms with Crippen LogP contribution >= 0.6 is 0 Å². The molecule has 1 aromatic heterocycles. The molecule has 0 aromatic carbocycles. The molecule has 0 bridgehead atoms. The van der Waals surface area contributed by atoms with Gasteiger partial charge in [-0.3, -0.25) is 0 Å². The van der Waals surface area contributed by atoms with Crippen molar-refractivity contribution in [3.8, 4) is 0 Å². The highest BCUT2D eigenvalue weighted by molar-refractivity contribution is 5.12. The molecule has 2 rings (SSSR count). The molecule has 1 aliphatic heterocycles. The van der Waals surface area contributed by atoms with Gasteiger partial charge in [-0.15, -0.1) is 0 Å². The molecule has 12 heavy (non-hydrogen) atoms. The molecule has 1 saturated heterocycles. The first kappa shape index (κ1) is 7.51. The van der Waals surface area contributed by atoms with E-state index in [9.17, 15) is 5.11 Å². The van der Waals surface area contributed by atoms with Crippen LogP contribution in [0.3, 0.4) is 0 Å². The Balaban J connectivity index is 2.11.